The van der Waals surface area contributed by atoms with Gasteiger partial charge in [-0.1, -0.05) is 12.2 Å². The second-order valence-corrected chi connectivity index (χ2v) is 5.36. The van der Waals surface area contributed by atoms with Crippen molar-refractivity contribution in [3.63, 3.8) is 0 Å². The van der Waals surface area contributed by atoms with Crippen molar-refractivity contribution in [1.82, 2.24) is 4.90 Å². The molecule has 0 saturated heterocycles. The number of likely N-dealkylation sites (N-methyl/N-ethyl adjacent to an activating group) is 1. The van der Waals surface area contributed by atoms with E-state index in [9.17, 15) is 8.42 Å². The van der Waals surface area contributed by atoms with Crippen LogP contribution in [-0.2, 0) is 9.84 Å². The van der Waals surface area contributed by atoms with Gasteiger partial charge in [0.15, 0.2) is 0 Å². The molecular weight excluding hydrogens is 188 g/mol. The molecule has 0 aliphatic rings. The molecule has 0 aliphatic carbocycles. The molecule has 2 N–H and O–H groups in total. The Morgan fingerprint density at radius 1 is 1.38 bits per heavy atom. The summed E-state index contributed by atoms with van der Waals surface area (Å²) in [6.45, 7) is 1.83. The molecule has 0 saturated carbocycles. The Morgan fingerprint density at radius 2 is 2.00 bits per heavy atom. The predicted molar refractivity (Wildman–Crippen MR) is 55.4 cm³/mol. The topological polar surface area (TPSA) is 63.4 Å². The summed E-state index contributed by atoms with van der Waals surface area (Å²) in [5.41, 5.74) is 5.26. The van der Waals surface area contributed by atoms with Gasteiger partial charge in [0.25, 0.3) is 0 Å². The third-order valence-corrected chi connectivity index (χ3v) is 2.49. The number of sulfone groups is 1. The summed E-state index contributed by atoms with van der Waals surface area (Å²) in [6.07, 6.45) is 5.04. The zero-order chi connectivity index (χ0) is 10.3. The molecular formula is C8H18N2O2S. The number of nitrogens with zero attached hydrogens (tertiary/aromatic N) is 1. The van der Waals surface area contributed by atoms with Gasteiger partial charge in [-0.05, 0) is 7.05 Å². The van der Waals surface area contributed by atoms with E-state index < -0.39 is 9.84 Å². The van der Waals surface area contributed by atoms with E-state index in [2.05, 4.69) is 0 Å². The lowest BCUT2D eigenvalue weighted by Gasteiger charge is -2.12. The van der Waals surface area contributed by atoms with Crippen LogP contribution in [-0.4, -0.2) is 52.0 Å². The molecule has 0 rings (SSSR count). The van der Waals surface area contributed by atoms with Gasteiger partial charge >= 0.3 is 0 Å². The molecule has 0 aromatic carbocycles. The summed E-state index contributed by atoms with van der Waals surface area (Å²) in [7, 11) is -0.959. The third kappa shape index (κ3) is 9.52. The van der Waals surface area contributed by atoms with Crippen LogP contribution < -0.4 is 5.73 Å². The van der Waals surface area contributed by atoms with Crippen LogP contribution in [0, 0.1) is 0 Å². The van der Waals surface area contributed by atoms with E-state index >= 15 is 0 Å². The molecule has 0 bridgehead atoms. The van der Waals surface area contributed by atoms with Gasteiger partial charge in [-0.15, -0.1) is 0 Å². The fourth-order valence-electron chi connectivity index (χ4n) is 0.764. The average Bonchev–Trinajstić information content (AvgIpc) is 2.00. The molecule has 0 spiro atoms. The van der Waals surface area contributed by atoms with Gasteiger partial charge in [-0.2, -0.15) is 0 Å². The van der Waals surface area contributed by atoms with E-state index in [0.29, 0.717) is 13.1 Å². The first-order chi connectivity index (χ1) is 5.95. The van der Waals surface area contributed by atoms with Gasteiger partial charge < -0.3 is 10.6 Å². The predicted octanol–water partition coefficient (Wildman–Crippen LogP) is -0.522. The molecule has 0 aromatic heterocycles. The minimum Gasteiger partial charge on any atom is -0.327 e. The van der Waals surface area contributed by atoms with Crippen LogP contribution in [0.5, 0.6) is 0 Å². The van der Waals surface area contributed by atoms with Crippen molar-refractivity contribution in [3.8, 4) is 0 Å². The maximum atomic E-state index is 10.8. The second-order valence-electron chi connectivity index (χ2n) is 3.10. The summed E-state index contributed by atoms with van der Waals surface area (Å²) in [6, 6.07) is 0. The number of rotatable bonds is 6. The Hall–Kier alpha value is -0.390. The third-order valence-electron chi connectivity index (χ3n) is 1.56. The smallest absolute Gasteiger partial charge is 0.148 e. The van der Waals surface area contributed by atoms with Crippen molar-refractivity contribution >= 4 is 9.84 Å². The number of hydrogen-bond acceptors (Lipinski definition) is 4. The molecule has 0 aliphatic heterocycles. The minimum atomic E-state index is -2.84. The maximum Gasteiger partial charge on any atom is 0.148 e. The van der Waals surface area contributed by atoms with Crippen molar-refractivity contribution in [2.45, 2.75) is 0 Å². The van der Waals surface area contributed by atoms with E-state index in [1.54, 1.807) is 0 Å². The quantitative estimate of drug-likeness (QED) is 0.594. The monoisotopic (exact) mass is 206 g/mol. The van der Waals surface area contributed by atoms with Crippen LogP contribution in [0.4, 0.5) is 0 Å². The number of hydrogen-bond donors (Lipinski definition) is 1. The maximum absolute atomic E-state index is 10.8. The zero-order valence-corrected chi connectivity index (χ0v) is 9.05. The molecule has 0 heterocycles. The molecule has 13 heavy (non-hydrogen) atoms. The highest BCUT2D eigenvalue weighted by atomic mass is 32.2. The van der Waals surface area contributed by atoms with Crippen molar-refractivity contribution in [2.75, 3.05) is 38.7 Å². The summed E-state index contributed by atoms with van der Waals surface area (Å²) >= 11 is 0. The van der Waals surface area contributed by atoms with Crippen LogP contribution in [0.2, 0.25) is 0 Å². The lowest BCUT2D eigenvalue weighted by atomic mass is 10.4. The van der Waals surface area contributed by atoms with Crippen molar-refractivity contribution in [2.24, 2.45) is 5.73 Å². The zero-order valence-electron chi connectivity index (χ0n) is 8.23. The highest BCUT2D eigenvalue weighted by Gasteiger charge is 2.03. The van der Waals surface area contributed by atoms with Gasteiger partial charge in [0.1, 0.15) is 9.84 Å². The standard InChI is InChI=1S/C8H18N2O2S/c1-10(6-4-3-5-9)7-8-13(2,11)12/h3-4H,5-9H2,1-2H3. The number of nitrogens with two attached hydrogens (primary N) is 1. The lowest BCUT2D eigenvalue weighted by Crippen LogP contribution is -2.25. The van der Waals surface area contributed by atoms with E-state index in [0.717, 1.165) is 6.54 Å². The van der Waals surface area contributed by atoms with Crippen LogP contribution in [0.15, 0.2) is 12.2 Å². The molecule has 0 aromatic rings. The highest BCUT2D eigenvalue weighted by Crippen LogP contribution is 1.88. The Labute approximate surface area is 80.3 Å². The largest absolute Gasteiger partial charge is 0.327 e. The normalized spacial score (nSPS) is 12.9. The summed E-state index contributed by atoms with van der Waals surface area (Å²) in [5, 5.41) is 0. The summed E-state index contributed by atoms with van der Waals surface area (Å²) in [5.74, 6) is 0.208. The molecule has 78 valence electrons. The molecule has 5 heteroatoms. The van der Waals surface area contributed by atoms with E-state index in [1.807, 2.05) is 24.1 Å². The first-order valence-electron chi connectivity index (χ1n) is 4.17. The van der Waals surface area contributed by atoms with E-state index in [-0.39, 0.29) is 5.75 Å². The minimum absolute atomic E-state index is 0.208. The first kappa shape index (κ1) is 12.6. The summed E-state index contributed by atoms with van der Waals surface area (Å²) < 4.78 is 21.6. The molecule has 0 atom stereocenters. The Bertz CT molecular complexity index is 247. The van der Waals surface area contributed by atoms with Crippen LogP contribution in [0.3, 0.4) is 0 Å². The summed E-state index contributed by atoms with van der Waals surface area (Å²) in [4.78, 5) is 1.94. The fourth-order valence-corrected chi connectivity index (χ4v) is 1.41. The van der Waals surface area contributed by atoms with Crippen molar-refractivity contribution < 1.29 is 8.42 Å². The SMILES string of the molecule is CN(CC=CCN)CCS(C)(=O)=O. The van der Waals surface area contributed by atoms with Crippen LogP contribution >= 0.6 is 0 Å². The molecule has 0 amide bonds. The highest BCUT2D eigenvalue weighted by molar-refractivity contribution is 7.90. The van der Waals surface area contributed by atoms with E-state index in [1.165, 1.54) is 6.26 Å². The van der Waals surface area contributed by atoms with Gasteiger partial charge in [0.2, 0.25) is 0 Å². The van der Waals surface area contributed by atoms with Crippen molar-refractivity contribution in [1.29, 1.82) is 0 Å². The Balaban J connectivity index is 3.64. The van der Waals surface area contributed by atoms with E-state index in [4.69, 9.17) is 5.73 Å². The molecule has 0 fully saturated rings. The lowest BCUT2D eigenvalue weighted by molar-refractivity contribution is 0.392. The Kier molecular flexibility index (Phi) is 5.94. The molecule has 0 radical (unpaired) electrons. The van der Waals surface area contributed by atoms with Crippen LogP contribution in [0.1, 0.15) is 0 Å². The van der Waals surface area contributed by atoms with Gasteiger partial charge in [-0.25, -0.2) is 8.42 Å². The molecule has 4 nitrogen and oxygen atoms in total. The fraction of sp³-hybridized carbons (Fsp3) is 0.750. The first-order valence-corrected chi connectivity index (χ1v) is 6.23. The Morgan fingerprint density at radius 3 is 2.46 bits per heavy atom. The van der Waals surface area contributed by atoms with Gasteiger partial charge in [0, 0.05) is 25.9 Å². The van der Waals surface area contributed by atoms with Crippen LogP contribution in [0.25, 0.3) is 0 Å². The average molecular weight is 206 g/mol. The van der Waals surface area contributed by atoms with Gasteiger partial charge in [-0.3, -0.25) is 0 Å². The van der Waals surface area contributed by atoms with Crippen molar-refractivity contribution in [3.05, 3.63) is 12.2 Å². The second kappa shape index (κ2) is 6.12. The van der Waals surface area contributed by atoms with Gasteiger partial charge in [0.05, 0.1) is 5.75 Å². The molecule has 0 unspecified atom stereocenters.